The van der Waals surface area contributed by atoms with E-state index in [1.165, 1.54) is 6.26 Å². The van der Waals surface area contributed by atoms with Crippen molar-refractivity contribution in [1.82, 2.24) is 19.6 Å². The quantitative estimate of drug-likeness (QED) is 0.207. The number of hydrogen-bond acceptors (Lipinski definition) is 9. The Hall–Kier alpha value is -3.15. The predicted molar refractivity (Wildman–Crippen MR) is 151 cm³/mol. The van der Waals surface area contributed by atoms with Crippen molar-refractivity contribution in [2.24, 2.45) is 0 Å². The molecule has 0 bridgehead atoms. The van der Waals surface area contributed by atoms with Gasteiger partial charge in [0, 0.05) is 49.3 Å². The van der Waals surface area contributed by atoms with Crippen molar-refractivity contribution in [3.63, 3.8) is 0 Å². The summed E-state index contributed by atoms with van der Waals surface area (Å²) in [4.78, 5) is 18.7. The Balaban J connectivity index is 1.31. The van der Waals surface area contributed by atoms with E-state index in [0.29, 0.717) is 18.5 Å². The number of aryl methyl sites for hydroxylation is 1. The van der Waals surface area contributed by atoms with Crippen LogP contribution in [-0.2, 0) is 25.8 Å². The Labute approximate surface area is 232 Å². The number of rotatable bonds is 9. The second kappa shape index (κ2) is 11.1. The Kier molecular flexibility index (Phi) is 7.84. The Morgan fingerprint density at radius 3 is 2.72 bits per heavy atom. The fourth-order valence-corrected chi connectivity index (χ4v) is 6.83. The standard InChI is InChI=1S/C28H32N4O5S2/c1-18(2)32-26-8-6-22(39(4,34)35)15-25(26)29-28(32)38-12-11-31-10-9-20-14-21(24-13-19(3)37-30-24)5-7-23(20)27(16-31)36-17-33/h5-8,13-15,17-18,27H,9-12,16H2,1-4H3. The van der Waals surface area contributed by atoms with Crippen molar-refractivity contribution in [1.29, 1.82) is 0 Å². The van der Waals surface area contributed by atoms with Gasteiger partial charge in [-0.3, -0.25) is 9.69 Å². The highest BCUT2D eigenvalue weighted by molar-refractivity contribution is 7.99. The molecule has 0 fully saturated rings. The zero-order chi connectivity index (χ0) is 27.7. The zero-order valence-electron chi connectivity index (χ0n) is 22.5. The third kappa shape index (κ3) is 5.90. The summed E-state index contributed by atoms with van der Waals surface area (Å²) in [7, 11) is -3.31. The van der Waals surface area contributed by atoms with E-state index in [2.05, 4.69) is 34.5 Å². The van der Waals surface area contributed by atoms with Gasteiger partial charge < -0.3 is 13.8 Å². The van der Waals surface area contributed by atoms with Crippen LogP contribution in [0.25, 0.3) is 22.3 Å². The molecule has 0 amide bonds. The number of carbonyl (C=O) groups excluding carboxylic acids is 1. The first kappa shape index (κ1) is 27.4. The Morgan fingerprint density at radius 2 is 2.03 bits per heavy atom. The molecular weight excluding hydrogens is 536 g/mol. The minimum absolute atomic E-state index is 0.169. The number of ether oxygens (including phenoxy) is 1. The normalized spacial score (nSPS) is 16.4. The maximum Gasteiger partial charge on any atom is 0.293 e. The molecule has 39 heavy (non-hydrogen) atoms. The van der Waals surface area contributed by atoms with Gasteiger partial charge in [-0.2, -0.15) is 0 Å². The number of carbonyl (C=O) groups is 1. The molecule has 1 unspecified atom stereocenters. The maximum atomic E-state index is 12.0. The molecular formula is C28H32N4O5S2. The summed E-state index contributed by atoms with van der Waals surface area (Å²) in [5, 5.41) is 4.99. The summed E-state index contributed by atoms with van der Waals surface area (Å²) in [6, 6.07) is 13.3. The first-order valence-corrected chi connectivity index (χ1v) is 15.7. The van der Waals surface area contributed by atoms with E-state index >= 15 is 0 Å². The lowest BCUT2D eigenvalue weighted by Crippen LogP contribution is -2.31. The van der Waals surface area contributed by atoms with Crippen LogP contribution in [0.3, 0.4) is 0 Å². The lowest BCUT2D eigenvalue weighted by Gasteiger charge is -2.23. The van der Waals surface area contributed by atoms with Gasteiger partial charge in [0.05, 0.1) is 15.9 Å². The fraction of sp³-hybridized carbons (Fsp3) is 0.393. The summed E-state index contributed by atoms with van der Waals surface area (Å²) in [5.74, 6) is 1.54. The van der Waals surface area contributed by atoms with Crippen molar-refractivity contribution in [2.45, 2.75) is 49.4 Å². The molecule has 0 saturated carbocycles. The number of thioether (sulfide) groups is 1. The highest BCUT2D eigenvalue weighted by Crippen LogP contribution is 2.32. The average molecular weight is 569 g/mol. The zero-order valence-corrected chi connectivity index (χ0v) is 24.1. The number of fused-ring (bicyclic) bond motifs is 2. The van der Waals surface area contributed by atoms with Crippen molar-refractivity contribution in [3.05, 3.63) is 59.4 Å². The number of imidazole rings is 1. The molecule has 0 saturated heterocycles. The van der Waals surface area contributed by atoms with E-state index in [1.54, 1.807) is 23.9 Å². The molecule has 2 aromatic heterocycles. The van der Waals surface area contributed by atoms with Crippen LogP contribution in [-0.4, -0.2) is 66.1 Å². The third-order valence-electron chi connectivity index (χ3n) is 6.97. The monoisotopic (exact) mass is 568 g/mol. The van der Waals surface area contributed by atoms with Crippen LogP contribution >= 0.6 is 11.8 Å². The third-order valence-corrected chi connectivity index (χ3v) is 9.01. The molecule has 9 nitrogen and oxygen atoms in total. The summed E-state index contributed by atoms with van der Waals surface area (Å²) in [5.41, 5.74) is 5.52. The average Bonchev–Trinajstić information content (AvgIpc) is 3.44. The predicted octanol–water partition coefficient (Wildman–Crippen LogP) is 4.85. The van der Waals surface area contributed by atoms with Gasteiger partial charge in [-0.05, 0) is 62.6 Å². The van der Waals surface area contributed by atoms with Crippen LogP contribution < -0.4 is 0 Å². The molecule has 3 heterocycles. The highest BCUT2D eigenvalue weighted by Gasteiger charge is 2.25. The van der Waals surface area contributed by atoms with Crippen LogP contribution in [0.2, 0.25) is 0 Å². The van der Waals surface area contributed by atoms with E-state index in [-0.39, 0.29) is 17.0 Å². The smallest absolute Gasteiger partial charge is 0.293 e. The summed E-state index contributed by atoms with van der Waals surface area (Å²) in [6.45, 7) is 8.79. The van der Waals surface area contributed by atoms with E-state index in [0.717, 1.165) is 64.1 Å². The summed E-state index contributed by atoms with van der Waals surface area (Å²) < 4.78 is 37.0. The van der Waals surface area contributed by atoms with Gasteiger partial charge in [0.15, 0.2) is 15.0 Å². The molecule has 1 atom stereocenters. The van der Waals surface area contributed by atoms with Crippen molar-refractivity contribution in [3.8, 4) is 11.3 Å². The number of benzene rings is 2. The number of nitrogens with zero attached hydrogens (tertiary/aromatic N) is 4. The van der Waals surface area contributed by atoms with Crippen LogP contribution in [0, 0.1) is 6.92 Å². The number of hydrogen-bond donors (Lipinski definition) is 0. The SMILES string of the molecule is Cc1cc(-c2ccc3c(c2)CCN(CCSc2nc4cc(S(C)(=O)=O)ccc4n2C(C)C)CC3OC=O)no1. The summed E-state index contributed by atoms with van der Waals surface area (Å²) >= 11 is 1.65. The topological polar surface area (TPSA) is 108 Å². The molecule has 206 valence electrons. The molecule has 0 N–H and O–H groups in total. The Morgan fingerprint density at radius 1 is 1.21 bits per heavy atom. The highest BCUT2D eigenvalue weighted by atomic mass is 32.2. The van der Waals surface area contributed by atoms with Gasteiger partial charge in [-0.1, -0.05) is 29.1 Å². The Bertz CT molecular complexity index is 1610. The molecule has 1 aliphatic rings. The fourth-order valence-electron chi connectivity index (χ4n) is 5.04. The van der Waals surface area contributed by atoms with Gasteiger partial charge >= 0.3 is 0 Å². The lowest BCUT2D eigenvalue weighted by molar-refractivity contribution is -0.134. The van der Waals surface area contributed by atoms with E-state index < -0.39 is 9.84 Å². The van der Waals surface area contributed by atoms with E-state index in [9.17, 15) is 13.2 Å². The molecule has 5 rings (SSSR count). The molecule has 11 heteroatoms. The first-order chi connectivity index (χ1) is 18.6. The van der Waals surface area contributed by atoms with Crippen molar-refractivity contribution >= 4 is 39.1 Å². The maximum absolute atomic E-state index is 12.0. The van der Waals surface area contributed by atoms with Crippen LogP contribution in [0.5, 0.6) is 0 Å². The number of sulfone groups is 1. The largest absolute Gasteiger partial charge is 0.458 e. The molecule has 0 spiro atoms. The van der Waals surface area contributed by atoms with Gasteiger partial charge in [0.1, 0.15) is 17.6 Å². The van der Waals surface area contributed by atoms with Crippen molar-refractivity contribution < 1.29 is 22.5 Å². The molecule has 4 aromatic rings. The van der Waals surface area contributed by atoms with Crippen LogP contribution in [0.1, 0.15) is 42.9 Å². The summed E-state index contributed by atoms with van der Waals surface area (Å²) in [6.07, 6.45) is 1.68. The van der Waals surface area contributed by atoms with Gasteiger partial charge in [-0.15, -0.1) is 0 Å². The van der Waals surface area contributed by atoms with E-state index in [1.807, 2.05) is 31.2 Å². The van der Waals surface area contributed by atoms with Gasteiger partial charge in [-0.25, -0.2) is 13.4 Å². The molecule has 1 aliphatic heterocycles. The minimum atomic E-state index is -3.31. The molecule has 0 aliphatic carbocycles. The lowest BCUT2D eigenvalue weighted by atomic mass is 9.97. The second-order valence-electron chi connectivity index (χ2n) is 10.1. The first-order valence-electron chi connectivity index (χ1n) is 12.9. The van der Waals surface area contributed by atoms with Gasteiger partial charge in [0.25, 0.3) is 6.47 Å². The van der Waals surface area contributed by atoms with E-state index in [4.69, 9.17) is 14.2 Å². The minimum Gasteiger partial charge on any atom is -0.458 e. The molecule has 0 radical (unpaired) electrons. The number of aromatic nitrogens is 3. The van der Waals surface area contributed by atoms with Crippen LogP contribution in [0.4, 0.5) is 0 Å². The van der Waals surface area contributed by atoms with Crippen LogP contribution in [0.15, 0.2) is 57.0 Å². The van der Waals surface area contributed by atoms with Gasteiger partial charge in [0.2, 0.25) is 0 Å². The second-order valence-corrected chi connectivity index (χ2v) is 13.2. The van der Waals surface area contributed by atoms with Crippen molar-refractivity contribution in [2.75, 3.05) is 31.6 Å². The molecule has 2 aromatic carbocycles.